The number of hydrogen-bond acceptors (Lipinski definition) is 3. The zero-order valence-electron chi connectivity index (χ0n) is 13.9. The minimum absolute atomic E-state index is 0.0600. The summed E-state index contributed by atoms with van der Waals surface area (Å²) in [6.07, 6.45) is 1.55. The normalized spacial score (nSPS) is 21.8. The standard InChI is InChI=1S/C17H23F2N3O2/c1-10-7-13(5-6-20-10)22-17(24)9-16(21-11(2)23)14-4-3-12(18)8-15(14)19/h3-4,8,10,13,16,20H,5-7,9H2,1-2H3,(H,21,23)(H,22,24). The predicted molar refractivity (Wildman–Crippen MR) is 86.2 cm³/mol. The van der Waals surface area contributed by atoms with Gasteiger partial charge in [-0.3, -0.25) is 9.59 Å². The maximum absolute atomic E-state index is 14.0. The molecule has 0 aromatic heterocycles. The number of amides is 2. The molecule has 0 radical (unpaired) electrons. The van der Waals surface area contributed by atoms with Gasteiger partial charge in [0.15, 0.2) is 0 Å². The van der Waals surface area contributed by atoms with E-state index in [0.29, 0.717) is 6.04 Å². The lowest BCUT2D eigenvalue weighted by Gasteiger charge is -2.29. The largest absolute Gasteiger partial charge is 0.353 e. The summed E-state index contributed by atoms with van der Waals surface area (Å²) < 4.78 is 27.0. The summed E-state index contributed by atoms with van der Waals surface area (Å²) in [6, 6.07) is 2.66. The molecule has 3 N–H and O–H groups in total. The van der Waals surface area contributed by atoms with Crippen LogP contribution in [-0.2, 0) is 9.59 Å². The fourth-order valence-electron chi connectivity index (χ4n) is 3.00. The molecule has 7 heteroatoms. The topological polar surface area (TPSA) is 70.2 Å². The maximum atomic E-state index is 14.0. The van der Waals surface area contributed by atoms with Crippen LogP contribution in [0.1, 0.15) is 44.7 Å². The number of carbonyl (C=O) groups is 2. The Bertz CT molecular complexity index is 609. The van der Waals surface area contributed by atoms with E-state index in [1.54, 1.807) is 0 Å². The zero-order valence-corrected chi connectivity index (χ0v) is 13.9. The molecule has 3 atom stereocenters. The summed E-state index contributed by atoms with van der Waals surface area (Å²) in [7, 11) is 0. The first-order valence-electron chi connectivity index (χ1n) is 8.10. The van der Waals surface area contributed by atoms with Crippen LogP contribution in [0.4, 0.5) is 8.78 Å². The number of hydrogen-bond donors (Lipinski definition) is 3. The number of carbonyl (C=O) groups excluding carboxylic acids is 2. The first kappa shape index (κ1) is 18.3. The molecule has 1 heterocycles. The van der Waals surface area contributed by atoms with Gasteiger partial charge in [0.05, 0.1) is 12.5 Å². The van der Waals surface area contributed by atoms with Crippen LogP contribution in [0.5, 0.6) is 0 Å². The van der Waals surface area contributed by atoms with Crippen LogP contribution in [0.3, 0.4) is 0 Å². The fraction of sp³-hybridized carbons (Fsp3) is 0.529. The molecular weight excluding hydrogens is 316 g/mol. The number of piperidine rings is 1. The van der Waals surface area contributed by atoms with Crippen molar-refractivity contribution in [2.24, 2.45) is 0 Å². The highest BCUT2D eigenvalue weighted by molar-refractivity contribution is 5.79. The molecule has 3 unspecified atom stereocenters. The van der Waals surface area contributed by atoms with E-state index >= 15 is 0 Å². The van der Waals surface area contributed by atoms with E-state index in [2.05, 4.69) is 16.0 Å². The van der Waals surface area contributed by atoms with Gasteiger partial charge >= 0.3 is 0 Å². The van der Waals surface area contributed by atoms with E-state index in [9.17, 15) is 18.4 Å². The van der Waals surface area contributed by atoms with Crippen molar-refractivity contribution in [3.8, 4) is 0 Å². The predicted octanol–water partition coefficient (Wildman–Crippen LogP) is 1.79. The molecule has 0 spiro atoms. The molecule has 2 rings (SSSR count). The van der Waals surface area contributed by atoms with Crippen LogP contribution < -0.4 is 16.0 Å². The fourth-order valence-corrected chi connectivity index (χ4v) is 3.00. The minimum Gasteiger partial charge on any atom is -0.353 e. The van der Waals surface area contributed by atoms with Gasteiger partial charge in [0.2, 0.25) is 11.8 Å². The minimum atomic E-state index is -0.831. The number of nitrogens with one attached hydrogen (secondary N) is 3. The van der Waals surface area contributed by atoms with Crippen molar-refractivity contribution >= 4 is 11.8 Å². The van der Waals surface area contributed by atoms with Gasteiger partial charge in [-0.15, -0.1) is 0 Å². The van der Waals surface area contributed by atoms with E-state index in [0.717, 1.165) is 31.5 Å². The first-order valence-corrected chi connectivity index (χ1v) is 8.10. The summed E-state index contributed by atoms with van der Waals surface area (Å²) >= 11 is 0. The van der Waals surface area contributed by atoms with Gasteiger partial charge in [0, 0.05) is 30.6 Å². The van der Waals surface area contributed by atoms with Gasteiger partial charge in [-0.2, -0.15) is 0 Å². The number of benzene rings is 1. The average molecular weight is 339 g/mol. The summed E-state index contributed by atoms with van der Waals surface area (Å²) in [4.78, 5) is 23.7. The quantitative estimate of drug-likeness (QED) is 0.766. The Morgan fingerprint density at radius 3 is 2.75 bits per heavy atom. The Labute approximate surface area is 140 Å². The lowest BCUT2D eigenvalue weighted by atomic mass is 9.99. The third-order valence-electron chi connectivity index (χ3n) is 4.09. The van der Waals surface area contributed by atoms with E-state index < -0.39 is 17.7 Å². The van der Waals surface area contributed by atoms with Crippen LogP contribution in [0, 0.1) is 11.6 Å². The highest BCUT2D eigenvalue weighted by Crippen LogP contribution is 2.21. The smallest absolute Gasteiger partial charge is 0.222 e. The van der Waals surface area contributed by atoms with E-state index in [1.807, 2.05) is 6.92 Å². The Morgan fingerprint density at radius 2 is 2.12 bits per heavy atom. The zero-order chi connectivity index (χ0) is 17.7. The molecule has 2 amide bonds. The van der Waals surface area contributed by atoms with Gasteiger partial charge in [-0.1, -0.05) is 6.07 Å². The van der Waals surface area contributed by atoms with Crippen LogP contribution in [-0.4, -0.2) is 30.4 Å². The summed E-state index contributed by atoms with van der Waals surface area (Å²) in [5.41, 5.74) is 0.0976. The molecule has 1 saturated heterocycles. The highest BCUT2D eigenvalue weighted by atomic mass is 19.1. The van der Waals surface area contributed by atoms with Gasteiger partial charge in [0.1, 0.15) is 11.6 Å². The first-order chi connectivity index (χ1) is 11.3. The Hall–Kier alpha value is -2.02. The second-order valence-corrected chi connectivity index (χ2v) is 6.27. The van der Waals surface area contributed by atoms with E-state index in [-0.39, 0.29) is 29.8 Å². The molecule has 0 saturated carbocycles. The maximum Gasteiger partial charge on any atom is 0.222 e. The van der Waals surface area contributed by atoms with Crippen molar-refractivity contribution in [2.75, 3.05) is 6.54 Å². The van der Waals surface area contributed by atoms with Gasteiger partial charge in [-0.25, -0.2) is 8.78 Å². The second-order valence-electron chi connectivity index (χ2n) is 6.27. The molecule has 1 aliphatic heterocycles. The van der Waals surface area contributed by atoms with Crippen molar-refractivity contribution in [1.82, 2.24) is 16.0 Å². The molecule has 5 nitrogen and oxygen atoms in total. The Morgan fingerprint density at radius 1 is 1.38 bits per heavy atom. The van der Waals surface area contributed by atoms with Crippen molar-refractivity contribution in [1.29, 1.82) is 0 Å². The molecule has 1 aliphatic rings. The van der Waals surface area contributed by atoms with Crippen LogP contribution >= 0.6 is 0 Å². The number of halogens is 2. The van der Waals surface area contributed by atoms with Gasteiger partial charge < -0.3 is 16.0 Å². The third kappa shape index (κ3) is 5.26. The third-order valence-corrected chi connectivity index (χ3v) is 4.09. The van der Waals surface area contributed by atoms with Crippen molar-refractivity contribution in [2.45, 2.75) is 51.2 Å². The lowest BCUT2D eigenvalue weighted by molar-refractivity contribution is -0.123. The van der Waals surface area contributed by atoms with Crippen LogP contribution in [0.25, 0.3) is 0 Å². The molecule has 1 aromatic rings. The second kappa shape index (κ2) is 8.19. The lowest BCUT2D eigenvalue weighted by Crippen LogP contribution is -2.47. The number of rotatable bonds is 5. The van der Waals surface area contributed by atoms with E-state index in [1.165, 1.54) is 13.0 Å². The van der Waals surface area contributed by atoms with Crippen molar-refractivity contribution < 1.29 is 18.4 Å². The Kier molecular flexibility index (Phi) is 6.25. The van der Waals surface area contributed by atoms with Crippen LogP contribution in [0.2, 0.25) is 0 Å². The van der Waals surface area contributed by atoms with Gasteiger partial charge in [0.25, 0.3) is 0 Å². The summed E-state index contributed by atoms with van der Waals surface area (Å²) in [5.74, 6) is -2.13. The van der Waals surface area contributed by atoms with Crippen molar-refractivity contribution in [3.05, 3.63) is 35.4 Å². The van der Waals surface area contributed by atoms with Crippen LogP contribution in [0.15, 0.2) is 18.2 Å². The van der Waals surface area contributed by atoms with Gasteiger partial charge in [-0.05, 0) is 32.4 Å². The molecule has 24 heavy (non-hydrogen) atoms. The Balaban J connectivity index is 2.05. The monoisotopic (exact) mass is 339 g/mol. The molecule has 0 bridgehead atoms. The summed E-state index contributed by atoms with van der Waals surface area (Å²) in [6.45, 7) is 4.17. The van der Waals surface area contributed by atoms with E-state index in [4.69, 9.17) is 0 Å². The molecule has 132 valence electrons. The molecular formula is C17H23F2N3O2. The van der Waals surface area contributed by atoms with Crippen molar-refractivity contribution in [3.63, 3.8) is 0 Å². The highest BCUT2D eigenvalue weighted by Gasteiger charge is 2.24. The molecule has 1 aromatic carbocycles. The summed E-state index contributed by atoms with van der Waals surface area (Å²) in [5, 5.41) is 8.78. The average Bonchev–Trinajstić information content (AvgIpc) is 2.46. The molecule has 0 aliphatic carbocycles. The SMILES string of the molecule is CC(=O)NC(CC(=O)NC1CCNC(C)C1)c1ccc(F)cc1F. The molecule has 1 fully saturated rings.